The van der Waals surface area contributed by atoms with Crippen molar-refractivity contribution in [1.82, 2.24) is 10.3 Å². The third-order valence-corrected chi connectivity index (χ3v) is 8.50. The van der Waals surface area contributed by atoms with E-state index in [0.717, 1.165) is 0 Å². The van der Waals surface area contributed by atoms with E-state index in [1.807, 2.05) is 13.0 Å². The van der Waals surface area contributed by atoms with Crippen LogP contribution in [0.4, 0.5) is 10.1 Å². The molecule has 12 heteroatoms. The summed E-state index contributed by atoms with van der Waals surface area (Å²) >= 11 is 0. The van der Waals surface area contributed by atoms with Crippen molar-refractivity contribution in [1.29, 1.82) is 0 Å². The van der Waals surface area contributed by atoms with Crippen molar-refractivity contribution in [3.8, 4) is 22.8 Å². The fourth-order valence-electron chi connectivity index (χ4n) is 5.32. The van der Waals surface area contributed by atoms with Gasteiger partial charge >= 0.3 is 5.97 Å². The normalized spacial score (nSPS) is 16.7. The van der Waals surface area contributed by atoms with Crippen LogP contribution in [0.2, 0.25) is 0 Å². The van der Waals surface area contributed by atoms with Crippen LogP contribution < -0.4 is 14.4 Å². The van der Waals surface area contributed by atoms with Crippen molar-refractivity contribution in [2.24, 2.45) is 0 Å². The molecule has 5 aromatic rings. The summed E-state index contributed by atoms with van der Waals surface area (Å²) in [7, 11) is 0.0687. The predicted molar refractivity (Wildman–Crippen MR) is 171 cm³/mol. The molecule has 3 atom stereocenters. The lowest BCUT2D eigenvalue weighted by atomic mass is 10.0. The van der Waals surface area contributed by atoms with Gasteiger partial charge in [-0.25, -0.2) is 13.4 Å². The Balaban J connectivity index is 1.32. The van der Waals surface area contributed by atoms with E-state index in [4.69, 9.17) is 18.6 Å². The van der Waals surface area contributed by atoms with E-state index in [-0.39, 0.29) is 24.9 Å². The molecule has 1 aliphatic rings. The number of pyridine rings is 1. The fourth-order valence-corrected chi connectivity index (χ4v) is 6.13. The summed E-state index contributed by atoms with van der Waals surface area (Å²) in [6.45, 7) is 1.96. The Hall–Kier alpha value is -5.07. The Morgan fingerprint density at radius 2 is 1.80 bits per heavy atom. The second-order valence-electron chi connectivity index (χ2n) is 10.6. The van der Waals surface area contributed by atoms with Crippen LogP contribution in [0.1, 0.15) is 39.3 Å². The zero-order valence-corrected chi connectivity index (χ0v) is 26.0. The van der Waals surface area contributed by atoms with Gasteiger partial charge in [-0.3, -0.25) is 14.1 Å². The number of rotatable bonds is 8. The number of esters is 1. The third-order valence-electron chi connectivity index (χ3n) is 7.54. The van der Waals surface area contributed by atoms with Gasteiger partial charge in [-0.1, -0.05) is 0 Å². The Bertz CT molecular complexity index is 1910. The van der Waals surface area contributed by atoms with Gasteiger partial charge in [0.1, 0.15) is 52.4 Å². The first-order valence-corrected chi connectivity index (χ1v) is 15.9. The van der Waals surface area contributed by atoms with Gasteiger partial charge in [0.25, 0.3) is 5.91 Å². The highest BCUT2D eigenvalue weighted by atomic mass is 32.2. The summed E-state index contributed by atoms with van der Waals surface area (Å²) < 4.78 is 51.9. The molecule has 2 aromatic heterocycles. The smallest absolute Gasteiger partial charge is 0.339 e. The zero-order valence-electron chi connectivity index (χ0n) is 25.2. The quantitative estimate of drug-likeness (QED) is 0.199. The molecule has 0 saturated heterocycles. The molecule has 10 nitrogen and oxygen atoms in total. The summed E-state index contributed by atoms with van der Waals surface area (Å²) in [5.74, 6) is 0.105. The molecule has 236 valence electrons. The zero-order chi connectivity index (χ0) is 32.4. The van der Waals surface area contributed by atoms with Crippen molar-refractivity contribution < 1.29 is 36.8 Å². The molecule has 0 radical (unpaired) electrons. The monoisotopic (exact) mass is 643 g/mol. The van der Waals surface area contributed by atoms with Gasteiger partial charge in [-0.05, 0) is 73.7 Å². The van der Waals surface area contributed by atoms with Gasteiger partial charge < -0.3 is 23.9 Å². The van der Waals surface area contributed by atoms with Gasteiger partial charge in [0.2, 0.25) is 0 Å². The van der Waals surface area contributed by atoms with Gasteiger partial charge in [-0.15, -0.1) is 0 Å². The molecule has 3 aromatic carbocycles. The topological polar surface area (TPSA) is 120 Å². The number of nitrogens with one attached hydrogen (secondary N) is 1. The minimum absolute atomic E-state index is 0.0651. The largest absolute Gasteiger partial charge is 0.459 e. The Morgan fingerprint density at radius 1 is 1.09 bits per heavy atom. The number of nitrogens with zero attached hydrogens (tertiary/aromatic N) is 2. The molecular formula is C34H30FN3O7S. The molecule has 1 aliphatic heterocycles. The van der Waals surface area contributed by atoms with Crippen LogP contribution in [0, 0.1) is 5.82 Å². The number of amides is 1. The highest BCUT2D eigenvalue weighted by molar-refractivity contribution is 7.85. The van der Waals surface area contributed by atoms with Crippen LogP contribution in [-0.2, 0) is 20.5 Å². The third kappa shape index (κ3) is 6.35. The van der Waals surface area contributed by atoms with Crippen molar-refractivity contribution in [3.63, 3.8) is 0 Å². The van der Waals surface area contributed by atoms with Crippen molar-refractivity contribution >= 4 is 39.5 Å². The van der Waals surface area contributed by atoms with Gasteiger partial charge in [0, 0.05) is 48.3 Å². The van der Waals surface area contributed by atoms with E-state index >= 15 is 0 Å². The second kappa shape index (κ2) is 13.1. The Labute approximate surface area is 266 Å². The molecule has 0 aliphatic carbocycles. The van der Waals surface area contributed by atoms with Crippen LogP contribution in [0.5, 0.6) is 11.5 Å². The van der Waals surface area contributed by atoms with E-state index < -0.39 is 29.2 Å². The lowest BCUT2D eigenvalue weighted by Gasteiger charge is -2.24. The predicted octanol–water partition coefficient (Wildman–Crippen LogP) is 6.20. The molecule has 3 unspecified atom stereocenters. The van der Waals surface area contributed by atoms with Gasteiger partial charge in [0.05, 0.1) is 29.5 Å². The first kappa shape index (κ1) is 30.9. The van der Waals surface area contributed by atoms with E-state index in [2.05, 4.69) is 10.3 Å². The minimum atomic E-state index is -1.47. The molecule has 1 amide bonds. The number of anilines is 1. The number of hydrogen-bond donors (Lipinski definition) is 1. The molecule has 3 heterocycles. The summed E-state index contributed by atoms with van der Waals surface area (Å²) in [5.41, 5.74) is 3.01. The summed E-state index contributed by atoms with van der Waals surface area (Å²) in [6.07, 6.45) is 3.44. The molecule has 46 heavy (non-hydrogen) atoms. The number of furan rings is 1. The van der Waals surface area contributed by atoms with Crippen molar-refractivity contribution in [2.45, 2.75) is 19.1 Å². The van der Waals surface area contributed by atoms with Crippen LogP contribution >= 0.6 is 0 Å². The molecular weight excluding hydrogens is 613 g/mol. The minimum Gasteiger partial charge on any atom is -0.459 e. The highest BCUT2D eigenvalue weighted by Gasteiger charge is 2.32. The molecule has 0 fully saturated rings. The second-order valence-corrected chi connectivity index (χ2v) is 11.9. The van der Waals surface area contributed by atoms with Crippen LogP contribution in [0.3, 0.4) is 0 Å². The summed E-state index contributed by atoms with van der Waals surface area (Å²) in [4.78, 5) is 29.7. The van der Waals surface area contributed by atoms with E-state index in [1.165, 1.54) is 30.5 Å². The fraction of sp³-hybridized carbons (Fsp3) is 0.206. The van der Waals surface area contributed by atoms with Crippen LogP contribution in [0.15, 0.2) is 89.6 Å². The van der Waals surface area contributed by atoms with Crippen molar-refractivity contribution in [3.05, 3.63) is 108 Å². The number of ether oxygens (including phenoxy) is 3. The molecule has 1 N–H and O–H groups in total. The van der Waals surface area contributed by atoms with E-state index in [9.17, 15) is 18.2 Å². The highest BCUT2D eigenvalue weighted by Crippen LogP contribution is 2.42. The average molecular weight is 644 g/mol. The SMILES string of the molecule is CNC(=O)c1c(-c2ccc(Oc3ccc(F)cc3)cc2)oc2cc3c(cc12)C(C)OC(COC(=O)c1cccnc1)CN3S(C)=O. The number of carbonyl (C=O) groups excluding carboxylic acids is 2. The van der Waals surface area contributed by atoms with E-state index in [0.29, 0.717) is 56.2 Å². The number of benzene rings is 3. The van der Waals surface area contributed by atoms with Crippen molar-refractivity contribution in [2.75, 3.05) is 30.8 Å². The van der Waals surface area contributed by atoms with Gasteiger partial charge in [-0.2, -0.15) is 0 Å². The van der Waals surface area contributed by atoms with Crippen LogP contribution in [0.25, 0.3) is 22.3 Å². The number of fused-ring (bicyclic) bond motifs is 2. The molecule has 0 bridgehead atoms. The Kier molecular flexibility index (Phi) is 8.82. The number of aromatic nitrogens is 1. The lowest BCUT2D eigenvalue weighted by molar-refractivity contribution is -0.0336. The number of hydrogen-bond acceptors (Lipinski definition) is 8. The molecule has 0 saturated carbocycles. The molecule has 6 rings (SSSR count). The lowest BCUT2D eigenvalue weighted by Crippen LogP contribution is -2.36. The molecule has 0 spiro atoms. The maximum Gasteiger partial charge on any atom is 0.339 e. The average Bonchev–Trinajstić information content (AvgIpc) is 3.38. The van der Waals surface area contributed by atoms with Gasteiger partial charge in [0.15, 0.2) is 0 Å². The first-order chi connectivity index (χ1) is 22.2. The standard InChI is InChI=1S/C34H30FN3O7S/c1-20-27-15-28-30(16-29(27)38(46(3)41)18-26(43-20)19-42-34(40)22-5-4-14-37-17-22)45-32(31(28)33(39)36-2)21-6-10-24(11-7-21)44-25-12-8-23(35)9-13-25/h4-17,20,26H,18-19H2,1-3H3,(H,36,39). The maximum absolute atomic E-state index is 13.3. The van der Waals surface area contributed by atoms with Crippen LogP contribution in [-0.4, -0.2) is 53.6 Å². The van der Waals surface area contributed by atoms with E-state index in [1.54, 1.807) is 66.3 Å². The first-order valence-electron chi connectivity index (χ1n) is 14.4. The number of halogens is 1. The maximum atomic E-state index is 13.3. The summed E-state index contributed by atoms with van der Waals surface area (Å²) in [5, 5.41) is 3.25. The Morgan fingerprint density at radius 3 is 2.46 bits per heavy atom. The summed E-state index contributed by atoms with van der Waals surface area (Å²) in [6, 6.07) is 19.5. The number of carbonyl (C=O) groups is 2.